The molecule has 0 aromatic carbocycles. The molecule has 0 saturated heterocycles. The van der Waals surface area contributed by atoms with E-state index < -0.39 is 5.97 Å². The minimum Gasteiger partial charge on any atom is -0.480 e. The van der Waals surface area contributed by atoms with Gasteiger partial charge in [0.25, 0.3) is 0 Å². The van der Waals surface area contributed by atoms with Gasteiger partial charge in [0.15, 0.2) is 5.16 Å². The zero-order valence-electron chi connectivity index (χ0n) is 9.70. The van der Waals surface area contributed by atoms with Crippen LogP contribution in [0.4, 0.5) is 0 Å². The molecule has 0 aliphatic carbocycles. The van der Waals surface area contributed by atoms with Gasteiger partial charge in [-0.1, -0.05) is 0 Å². The molecule has 19 heavy (non-hydrogen) atoms. The molecule has 1 N–H and O–H groups in total. The summed E-state index contributed by atoms with van der Waals surface area (Å²) in [5, 5.41) is 9.76. The number of halogens is 1. The Balaban J connectivity index is 2.34. The molecule has 0 aliphatic heterocycles. The summed E-state index contributed by atoms with van der Waals surface area (Å²) in [5.74, 6) is -0.662. The van der Waals surface area contributed by atoms with Crippen molar-refractivity contribution in [1.82, 2.24) is 15.0 Å². The largest absolute Gasteiger partial charge is 0.480 e. The molecular formula is C11H8BrN3O3S. The zero-order chi connectivity index (χ0) is 13.8. The number of pyridine rings is 1. The van der Waals surface area contributed by atoms with Gasteiger partial charge in [0.2, 0.25) is 5.88 Å². The van der Waals surface area contributed by atoms with Crippen molar-refractivity contribution in [2.24, 2.45) is 0 Å². The fraction of sp³-hybridized carbons (Fsp3) is 0.0909. The lowest BCUT2D eigenvalue weighted by Crippen LogP contribution is -2.01. The second-order valence-corrected chi connectivity index (χ2v) is 5.08. The molecule has 0 unspecified atom stereocenters. The molecule has 0 fully saturated rings. The molecule has 0 bridgehead atoms. The van der Waals surface area contributed by atoms with Crippen LogP contribution < -0.4 is 4.74 Å². The van der Waals surface area contributed by atoms with E-state index in [2.05, 4.69) is 30.9 Å². The van der Waals surface area contributed by atoms with E-state index in [9.17, 15) is 4.79 Å². The summed E-state index contributed by atoms with van der Waals surface area (Å²) in [5.41, 5.74) is 0.109. The van der Waals surface area contributed by atoms with E-state index in [1.54, 1.807) is 6.07 Å². The van der Waals surface area contributed by atoms with Crippen molar-refractivity contribution in [3.05, 3.63) is 34.6 Å². The fourth-order valence-electron chi connectivity index (χ4n) is 1.25. The Labute approximate surface area is 121 Å². The van der Waals surface area contributed by atoms with E-state index in [-0.39, 0.29) is 5.56 Å². The molecule has 0 saturated carbocycles. The van der Waals surface area contributed by atoms with Gasteiger partial charge in [0.05, 0.1) is 17.1 Å². The highest BCUT2D eigenvalue weighted by atomic mass is 79.9. The number of hydrogen-bond acceptors (Lipinski definition) is 6. The van der Waals surface area contributed by atoms with Crippen LogP contribution in [0.2, 0.25) is 0 Å². The Morgan fingerprint density at radius 3 is 2.95 bits per heavy atom. The molecule has 98 valence electrons. The van der Waals surface area contributed by atoms with E-state index in [4.69, 9.17) is 9.84 Å². The first-order chi connectivity index (χ1) is 9.11. The highest BCUT2D eigenvalue weighted by Crippen LogP contribution is 2.29. The van der Waals surface area contributed by atoms with Crippen molar-refractivity contribution >= 4 is 33.7 Å². The van der Waals surface area contributed by atoms with E-state index in [1.165, 1.54) is 25.6 Å². The predicted octanol–water partition coefficient (Wildman–Crippen LogP) is 2.49. The number of carboxylic acids is 1. The summed E-state index contributed by atoms with van der Waals surface area (Å²) < 4.78 is 5.68. The molecule has 6 nitrogen and oxygen atoms in total. The molecule has 2 rings (SSSR count). The van der Waals surface area contributed by atoms with Crippen LogP contribution in [-0.2, 0) is 0 Å². The Morgan fingerprint density at radius 2 is 2.26 bits per heavy atom. The molecule has 0 aliphatic rings. The first kappa shape index (κ1) is 13.8. The Bertz CT molecular complexity index is 624. The highest BCUT2D eigenvalue weighted by Gasteiger charge is 2.14. The predicted molar refractivity (Wildman–Crippen MR) is 71.6 cm³/mol. The number of nitrogens with zero attached hydrogens (tertiary/aromatic N) is 3. The smallest absolute Gasteiger partial charge is 0.338 e. The third kappa shape index (κ3) is 3.21. The average molecular weight is 342 g/mol. The number of aromatic nitrogens is 3. The van der Waals surface area contributed by atoms with Crippen LogP contribution in [0.1, 0.15) is 10.4 Å². The van der Waals surface area contributed by atoms with Gasteiger partial charge >= 0.3 is 5.97 Å². The summed E-state index contributed by atoms with van der Waals surface area (Å²) in [6, 6.07) is 3.05. The van der Waals surface area contributed by atoms with E-state index in [1.807, 2.05) is 0 Å². The Morgan fingerprint density at radius 1 is 1.47 bits per heavy atom. The third-order valence-electron chi connectivity index (χ3n) is 2.07. The lowest BCUT2D eigenvalue weighted by atomic mass is 10.3. The van der Waals surface area contributed by atoms with Gasteiger partial charge < -0.3 is 9.84 Å². The second-order valence-electron chi connectivity index (χ2n) is 3.27. The van der Waals surface area contributed by atoms with Crippen molar-refractivity contribution in [2.75, 3.05) is 7.11 Å². The maximum atomic E-state index is 11.1. The topological polar surface area (TPSA) is 85.2 Å². The number of hydrogen-bond donors (Lipinski definition) is 1. The lowest BCUT2D eigenvalue weighted by Gasteiger charge is -2.05. The molecule has 0 amide bonds. The van der Waals surface area contributed by atoms with Gasteiger partial charge in [0, 0.05) is 12.4 Å². The number of carboxylic acid groups (broad SMARTS) is 1. The summed E-state index contributed by atoms with van der Waals surface area (Å²) in [7, 11) is 1.49. The van der Waals surface area contributed by atoms with E-state index >= 15 is 0 Å². The van der Waals surface area contributed by atoms with Crippen LogP contribution in [0.5, 0.6) is 5.88 Å². The molecule has 0 atom stereocenters. The van der Waals surface area contributed by atoms with Crippen molar-refractivity contribution < 1.29 is 14.6 Å². The SMILES string of the molecule is COc1nc(Sc2ncccc2C(=O)O)ncc1Br. The minimum atomic E-state index is -1.04. The molecule has 0 spiro atoms. The maximum Gasteiger partial charge on any atom is 0.338 e. The van der Waals surface area contributed by atoms with Crippen LogP contribution in [0.25, 0.3) is 0 Å². The zero-order valence-corrected chi connectivity index (χ0v) is 12.1. The van der Waals surface area contributed by atoms with Gasteiger partial charge in [-0.05, 0) is 39.8 Å². The second kappa shape index (κ2) is 5.98. The number of aromatic carboxylic acids is 1. The number of methoxy groups -OCH3 is 1. The normalized spacial score (nSPS) is 10.2. The van der Waals surface area contributed by atoms with Crippen molar-refractivity contribution in [2.45, 2.75) is 10.2 Å². The maximum absolute atomic E-state index is 11.1. The van der Waals surface area contributed by atoms with Gasteiger partial charge in [-0.2, -0.15) is 4.98 Å². The molecular weight excluding hydrogens is 334 g/mol. The third-order valence-corrected chi connectivity index (χ3v) is 3.51. The fourth-order valence-corrected chi connectivity index (χ4v) is 2.39. The molecule has 2 aromatic rings. The lowest BCUT2D eigenvalue weighted by molar-refractivity contribution is 0.0692. The number of carbonyl (C=O) groups is 1. The van der Waals surface area contributed by atoms with Crippen LogP contribution in [0, 0.1) is 0 Å². The standard InChI is InChI=1S/C11H8BrN3O3S/c1-18-8-7(12)5-14-11(15-8)19-9-6(10(16)17)3-2-4-13-9/h2-5H,1H3,(H,16,17). The van der Waals surface area contributed by atoms with Crippen molar-refractivity contribution in [1.29, 1.82) is 0 Å². The van der Waals surface area contributed by atoms with Crippen LogP contribution in [-0.4, -0.2) is 33.1 Å². The van der Waals surface area contributed by atoms with Crippen LogP contribution in [0.15, 0.2) is 39.2 Å². The molecule has 2 aromatic heterocycles. The van der Waals surface area contributed by atoms with Gasteiger partial charge in [-0.15, -0.1) is 0 Å². The summed E-state index contributed by atoms with van der Waals surface area (Å²) >= 11 is 4.31. The average Bonchev–Trinajstić information content (AvgIpc) is 2.41. The van der Waals surface area contributed by atoms with Crippen molar-refractivity contribution in [3.63, 3.8) is 0 Å². The highest BCUT2D eigenvalue weighted by molar-refractivity contribution is 9.10. The number of rotatable bonds is 4. The summed E-state index contributed by atoms with van der Waals surface area (Å²) in [6.45, 7) is 0. The van der Waals surface area contributed by atoms with Crippen LogP contribution >= 0.6 is 27.7 Å². The Hall–Kier alpha value is -1.67. The van der Waals surface area contributed by atoms with Gasteiger partial charge in [0.1, 0.15) is 5.03 Å². The van der Waals surface area contributed by atoms with Gasteiger partial charge in [-0.3, -0.25) is 0 Å². The van der Waals surface area contributed by atoms with Crippen molar-refractivity contribution in [3.8, 4) is 5.88 Å². The quantitative estimate of drug-likeness (QED) is 0.855. The van der Waals surface area contributed by atoms with Gasteiger partial charge in [-0.25, -0.2) is 14.8 Å². The first-order valence-corrected chi connectivity index (χ1v) is 6.65. The summed E-state index contributed by atoms with van der Waals surface area (Å²) in [6.07, 6.45) is 3.06. The minimum absolute atomic E-state index is 0.109. The van der Waals surface area contributed by atoms with E-state index in [0.29, 0.717) is 20.5 Å². The van der Waals surface area contributed by atoms with E-state index in [0.717, 1.165) is 11.8 Å². The molecule has 8 heteroatoms. The first-order valence-electron chi connectivity index (χ1n) is 5.04. The van der Waals surface area contributed by atoms with Crippen LogP contribution in [0.3, 0.4) is 0 Å². The number of ether oxygens (including phenoxy) is 1. The summed E-state index contributed by atoms with van der Waals surface area (Å²) in [4.78, 5) is 23.3. The Kier molecular flexibility index (Phi) is 4.33. The molecule has 2 heterocycles. The molecule has 0 radical (unpaired) electrons. The monoisotopic (exact) mass is 341 g/mol.